The summed E-state index contributed by atoms with van der Waals surface area (Å²) in [5.74, 6) is 0.156. The van der Waals surface area contributed by atoms with E-state index in [1.54, 1.807) is 0 Å². The predicted molar refractivity (Wildman–Crippen MR) is 90.1 cm³/mol. The van der Waals surface area contributed by atoms with Crippen LogP contribution in [0, 0.1) is 22.7 Å². The van der Waals surface area contributed by atoms with Gasteiger partial charge >= 0.3 is 11.9 Å². The van der Waals surface area contributed by atoms with Crippen LogP contribution in [0.2, 0.25) is 0 Å². The Kier molecular flexibility index (Phi) is 3.66. The van der Waals surface area contributed by atoms with E-state index < -0.39 is 12.3 Å². The molecule has 4 rings (SSSR count). The number of hydrogen-bond acceptors (Lipinski definition) is 5. The predicted octanol–water partition coefficient (Wildman–Crippen LogP) is 2.88. The Morgan fingerprint density at radius 3 is 2.72 bits per heavy atom. The summed E-state index contributed by atoms with van der Waals surface area (Å²) >= 11 is 0. The number of esters is 2. The molecule has 5 heteroatoms. The summed E-state index contributed by atoms with van der Waals surface area (Å²) < 4.78 is 10.5. The normalized spacial score (nSPS) is 45.4. The van der Waals surface area contributed by atoms with Gasteiger partial charge in [-0.2, -0.15) is 0 Å². The highest BCUT2D eigenvalue weighted by atomic mass is 16.6. The van der Waals surface area contributed by atoms with Crippen molar-refractivity contribution in [1.82, 2.24) is 0 Å². The lowest BCUT2D eigenvalue weighted by atomic mass is 9.46. The van der Waals surface area contributed by atoms with Crippen molar-refractivity contribution in [1.29, 1.82) is 0 Å². The van der Waals surface area contributed by atoms with Crippen LogP contribution < -0.4 is 0 Å². The van der Waals surface area contributed by atoms with Gasteiger partial charge in [0.15, 0.2) is 0 Å². The fraction of sp³-hybridized carbons (Fsp3) is 0.700. The topological polar surface area (TPSA) is 72.8 Å². The average molecular weight is 346 g/mol. The minimum Gasteiger partial charge on any atom is -0.458 e. The van der Waals surface area contributed by atoms with Crippen molar-refractivity contribution >= 4 is 11.9 Å². The summed E-state index contributed by atoms with van der Waals surface area (Å²) in [6.07, 6.45) is 6.69. The molecule has 6 atom stereocenters. The molecule has 0 unspecified atom stereocenters. The summed E-state index contributed by atoms with van der Waals surface area (Å²) in [5.41, 5.74) is 1.33. The average Bonchev–Trinajstić information content (AvgIpc) is 3.00. The summed E-state index contributed by atoms with van der Waals surface area (Å²) in [7, 11) is 0. The lowest BCUT2D eigenvalue weighted by molar-refractivity contribution is -0.152. The van der Waals surface area contributed by atoms with Crippen molar-refractivity contribution in [2.24, 2.45) is 22.7 Å². The summed E-state index contributed by atoms with van der Waals surface area (Å²) in [6, 6.07) is 0. The van der Waals surface area contributed by atoms with Crippen LogP contribution in [0.15, 0.2) is 23.3 Å². The summed E-state index contributed by atoms with van der Waals surface area (Å²) in [4.78, 5) is 23.7. The smallest absolute Gasteiger partial charge is 0.334 e. The molecule has 4 aliphatic rings. The summed E-state index contributed by atoms with van der Waals surface area (Å²) in [5, 5.41) is 9.87. The zero-order valence-corrected chi connectivity index (χ0v) is 15.1. The number of carbonyl (C=O) groups is 2. The van der Waals surface area contributed by atoms with Gasteiger partial charge in [0.25, 0.3) is 0 Å². The van der Waals surface area contributed by atoms with Crippen molar-refractivity contribution in [3.05, 3.63) is 23.3 Å². The minimum atomic E-state index is -1.10. The van der Waals surface area contributed by atoms with Crippen LogP contribution in [0.1, 0.15) is 52.9 Å². The quantitative estimate of drug-likeness (QED) is 0.796. The highest BCUT2D eigenvalue weighted by molar-refractivity contribution is 5.93. The lowest BCUT2D eigenvalue weighted by Crippen LogP contribution is -2.54. The van der Waals surface area contributed by atoms with Crippen molar-refractivity contribution < 1.29 is 24.2 Å². The molecule has 0 bridgehead atoms. The molecule has 136 valence electrons. The first-order valence-electron chi connectivity index (χ1n) is 9.27. The first-order valence-corrected chi connectivity index (χ1v) is 9.27. The molecule has 2 aliphatic carbocycles. The molecule has 25 heavy (non-hydrogen) atoms. The standard InChI is InChI=1S/C20H26O5/c1-11-9-15-20(3)13(18(23)24-15)5-4-6-14(20)19(11,2)8-7-12-10-16(21)25-17(12)22/h5,10-11,14-15,17,22H,4,6-9H2,1-3H3/t11-,14-,15+,17+,19+,20-/m0/s1. The molecule has 0 spiro atoms. The highest BCUT2D eigenvalue weighted by Crippen LogP contribution is 2.65. The van der Waals surface area contributed by atoms with E-state index >= 15 is 0 Å². The number of aliphatic hydroxyl groups is 1. The minimum absolute atomic E-state index is 0.0188. The Bertz CT molecular complexity index is 692. The fourth-order valence-electron chi connectivity index (χ4n) is 5.83. The molecular formula is C20H26O5. The zero-order chi connectivity index (χ0) is 18.0. The van der Waals surface area contributed by atoms with E-state index in [-0.39, 0.29) is 22.9 Å². The van der Waals surface area contributed by atoms with Gasteiger partial charge in [-0.1, -0.05) is 26.8 Å². The molecular weight excluding hydrogens is 320 g/mol. The second-order valence-electron chi connectivity index (χ2n) is 8.58. The number of aliphatic hydroxyl groups excluding tert-OH is 1. The maximum Gasteiger partial charge on any atom is 0.334 e. The molecule has 1 saturated carbocycles. The van der Waals surface area contributed by atoms with E-state index in [1.165, 1.54) is 6.08 Å². The number of carbonyl (C=O) groups excluding carboxylic acids is 2. The Labute approximate surface area is 148 Å². The maximum absolute atomic E-state index is 12.3. The second-order valence-corrected chi connectivity index (χ2v) is 8.58. The highest BCUT2D eigenvalue weighted by Gasteiger charge is 2.64. The molecule has 1 saturated heterocycles. The van der Waals surface area contributed by atoms with E-state index in [9.17, 15) is 14.7 Å². The van der Waals surface area contributed by atoms with Crippen LogP contribution in [0.5, 0.6) is 0 Å². The van der Waals surface area contributed by atoms with Crippen molar-refractivity contribution in [2.75, 3.05) is 0 Å². The first kappa shape index (κ1) is 16.8. The van der Waals surface area contributed by atoms with Crippen LogP contribution in [-0.2, 0) is 19.1 Å². The Balaban J connectivity index is 1.63. The van der Waals surface area contributed by atoms with E-state index in [4.69, 9.17) is 9.47 Å². The number of rotatable bonds is 3. The van der Waals surface area contributed by atoms with Crippen molar-refractivity contribution in [2.45, 2.75) is 65.3 Å². The van der Waals surface area contributed by atoms with E-state index in [2.05, 4.69) is 26.8 Å². The number of hydrogen-bond donors (Lipinski definition) is 1. The zero-order valence-electron chi connectivity index (χ0n) is 15.1. The molecule has 2 fully saturated rings. The van der Waals surface area contributed by atoms with Gasteiger partial charge in [-0.25, -0.2) is 9.59 Å². The van der Waals surface area contributed by atoms with Crippen LogP contribution >= 0.6 is 0 Å². The fourth-order valence-corrected chi connectivity index (χ4v) is 5.83. The molecule has 0 aromatic heterocycles. The molecule has 0 aromatic carbocycles. The van der Waals surface area contributed by atoms with Gasteiger partial charge < -0.3 is 14.6 Å². The van der Waals surface area contributed by atoms with Gasteiger partial charge in [-0.15, -0.1) is 0 Å². The number of ether oxygens (including phenoxy) is 2. The molecule has 0 radical (unpaired) electrons. The largest absolute Gasteiger partial charge is 0.458 e. The van der Waals surface area contributed by atoms with Gasteiger partial charge in [0.1, 0.15) is 6.10 Å². The van der Waals surface area contributed by atoms with Crippen LogP contribution in [0.3, 0.4) is 0 Å². The van der Waals surface area contributed by atoms with Crippen LogP contribution in [-0.4, -0.2) is 29.4 Å². The van der Waals surface area contributed by atoms with Gasteiger partial charge in [-0.3, -0.25) is 0 Å². The number of allylic oxidation sites excluding steroid dienone is 1. The van der Waals surface area contributed by atoms with E-state index in [1.807, 2.05) is 0 Å². The third-order valence-corrected chi connectivity index (χ3v) is 7.54. The number of cyclic esters (lactones) is 1. The molecule has 2 heterocycles. The SMILES string of the molecule is C[C@H]1C[C@H]2OC(=O)C3=CCC[C@@H]([C@]1(C)CCC1=CC(=O)O[C@H]1O)[C@]32C. The monoisotopic (exact) mass is 346 g/mol. The third kappa shape index (κ3) is 2.24. The molecule has 0 amide bonds. The van der Waals surface area contributed by atoms with Gasteiger partial charge in [0.05, 0.1) is 0 Å². The second kappa shape index (κ2) is 5.44. The Hall–Kier alpha value is -1.62. The first-order chi connectivity index (χ1) is 11.8. The van der Waals surface area contributed by atoms with Gasteiger partial charge in [0.2, 0.25) is 6.29 Å². The lowest BCUT2D eigenvalue weighted by Gasteiger charge is -2.57. The molecule has 0 aromatic rings. The summed E-state index contributed by atoms with van der Waals surface area (Å²) in [6.45, 7) is 6.74. The van der Waals surface area contributed by atoms with E-state index in [0.29, 0.717) is 23.8 Å². The molecule has 1 N–H and O–H groups in total. The molecule has 5 nitrogen and oxygen atoms in total. The maximum atomic E-state index is 12.3. The van der Waals surface area contributed by atoms with E-state index in [0.717, 1.165) is 31.3 Å². The van der Waals surface area contributed by atoms with Gasteiger partial charge in [-0.05, 0) is 49.4 Å². The van der Waals surface area contributed by atoms with Crippen molar-refractivity contribution in [3.8, 4) is 0 Å². The Morgan fingerprint density at radius 2 is 2.04 bits per heavy atom. The van der Waals surface area contributed by atoms with Crippen LogP contribution in [0.4, 0.5) is 0 Å². The third-order valence-electron chi connectivity index (χ3n) is 7.54. The Morgan fingerprint density at radius 1 is 1.28 bits per heavy atom. The van der Waals surface area contributed by atoms with Crippen molar-refractivity contribution in [3.63, 3.8) is 0 Å². The molecule has 2 aliphatic heterocycles. The van der Waals surface area contributed by atoms with Crippen LogP contribution in [0.25, 0.3) is 0 Å². The van der Waals surface area contributed by atoms with Gasteiger partial charge in [0, 0.05) is 22.6 Å².